The topological polar surface area (TPSA) is 64.3 Å². The van der Waals surface area contributed by atoms with Crippen molar-refractivity contribution in [3.63, 3.8) is 0 Å². The summed E-state index contributed by atoms with van der Waals surface area (Å²) in [7, 11) is 1.66. The highest BCUT2D eigenvalue weighted by Crippen LogP contribution is 2.30. The number of hydrogen-bond donors (Lipinski definition) is 2. The summed E-state index contributed by atoms with van der Waals surface area (Å²) in [6.07, 6.45) is 7.19. The molecule has 0 aliphatic heterocycles. The molecule has 0 unspecified atom stereocenters. The number of nitrogens with two attached hydrogens (primary N) is 1. The molecular formula is C12H24N2O2. The molecule has 0 saturated heterocycles. The zero-order valence-corrected chi connectivity index (χ0v) is 10.3. The lowest BCUT2D eigenvalue weighted by molar-refractivity contribution is -0.121. The van der Waals surface area contributed by atoms with Crippen LogP contribution in [0.1, 0.15) is 44.9 Å². The third-order valence-corrected chi connectivity index (χ3v) is 3.37. The van der Waals surface area contributed by atoms with Crippen LogP contribution in [-0.2, 0) is 9.53 Å². The highest BCUT2D eigenvalue weighted by atomic mass is 16.5. The van der Waals surface area contributed by atoms with E-state index >= 15 is 0 Å². The molecule has 0 aromatic heterocycles. The molecule has 0 atom stereocenters. The number of carbonyl (C=O) groups excluding carboxylic acids is 1. The van der Waals surface area contributed by atoms with Gasteiger partial charge in [0.25, 0.3) is 0 Å². The minimum Gasteiger partial charge on any atom is -0.374 e. The van der Waals surface area contributed by atoms with Gasteiger partial charge in [0.05, 0.1) is 5.60 Å². The van der Waals surface area contributed by atoms with E-state index < -0.39 is 0 Å². The number of carbonyl (C=O) groups is 1. The molecule has 94 valence electrons. The summed E-state index contributed by atoms with van der Waals surface area (Å²) in [4.78, 5) is 11.0. The van der Waals surface area contributed by atoms with Gasteiger partial charge >= 0.3 is 0 Å². The van der Waals surface area contributed by atoms with E-state index in [4.69, 9.17) is 10.5 Å². The first-order chi connectivity index (χ1) is 7.72. The van der Waals surface area contributed by atoms with Crippen molar-refractivity contribution >= 4 is 5.91 Å². The number of amides is 1. The van der Waals surface area contributed by atoms with Crippen LogP contribution in [0.25, 0.3) is 0 Å². The van der Waals surface area contributed by atoms with Gasteiger partial charge in [-0.15, -0.1) is 0 Å². The molecule has 0 radical (unpaired) electrons. The van der Waals surface area contributed by atoms with Gasteiger partial charge in [-0.1, -0.05) is 19.3 Å². The Morgan fingerprint density at radius 1 is 1.38 bits per heavy atom. The van der Waals surface area contributed by atoms with Crippen molar-refractivity contribution in [1.82, 2.24) is 5.32 Å². The van der Waals surface area contributed by atoms with Gasteiger partial charge in [0.15, 0.2) is 0 Å². The average Bonchev–Trinajstić information content (AvgIpc) is 2.35. The average molecular weight is 228 g/mol. The van der Waals surface area contributed by atoms with Crippen molar-refractivity contribution in [2.24, 2.45) is 5.73 Å². The van der Waals surface area contributed by atoms with Crippen molar-refractivity contribution in [2.45, 2.75) is 50.5 Å². The number of ether oxygens (including phenoxy) is 1. The van der Waals surface area contributed by atoms with Crippen LogP contribution < -0.4 is 11.1 Å². The molecule has 16 heavy (non-hydrogen) atoms. The smallest absolute Gasteiger partial charge is 0.219 e. The molecule has 1 fully saturated rings. The minimum atomic E-state index is -0.0963. The minimum absolute atomic E-state index is 0.0778. The Balaban J connectivity index is 2.20. The van der Waals surface area contributed by atoms with Gasteiger partial charge in [-0.2, -0.15) is 0 Å². The van der Waals surface area contributed by atoms with Crippen LogP contribution in [0, 0.1) is 0 Å². The largest absolute Gasteiger partial charge is 0.374 e. The van der Waals surface area contributed by atoms with Gasteiger partial charge in [0, 0.05) is 26.6 Å². The van der Waals surface area contributed by atoms with Gasteiger partial charge in [-0.25, -0.2) is 0 Å². The first kappa shape index (κ1) is 13.5. The Labute approximate surface area is 97.9 Å². The fraction of sp³-hybridized carbons (Fsp3) is 0.917. The first-order valence-corrected chi connectivity index (χ1v) is 6.27. The van der Waals surface area contributed by atoms with Crippen LogP contribution in [0.2, 0.25) is 0 Å². The molecule has 1 rings (SSSR count). The second-order valence-electron chi connectivity index (χ2n) is 4.57. The van der Waals surface area contributed by atoms with Gasteiger partial charge in [0.2, 0.25) is 5.91 Å². The fourth-order valence-electron chi connectivity index (χ4n) is 2.25. The summed E-state index contributed by atoms with van der Waals surface area (Å²) in [6.45, 7) is 1.25. The second-order valence-corrected chi connectivity index (χ2v) is 4.57. The highest BCUT2D eigenvalue weighted by Gasteiger charge is 2.31. The highest BCUT2D eigenvalue weighted by molar-refractivity contribution is 5.75. The van der Waals surface area contributed by atoms with Crippen molar-refractivity contribution in [3.05, 3.63) is 0 Å². The van der Waals surface area contributed by atoms with E-state index in [1.807, 2.05) is 0 Å². The van der Waals surface area contributed by atoms with E-state index in [2.05, 4.69) is 5.32 Å². The second kappa shape index (κ2) is 6.86. The zero-order chi connectivity index (χ0) is 11.9. The van der Waals surface area contributed by atoms with Crippen LogP contribution in [-0.4, -0.2) is 31.7 Å². The summed E-state index contributed by atoms with van der Waals surface area (Å²) in [5.74, 6) is 0.0778. The maximum atomic E-state index is 11.0. The van der Waals surface area contributed by atoms with E-state index in [0.29, 0.717) is 19.6 Å². The Morgan fingerprint density at radius 2 is 2.06 bits per heavy atom. The number of hydrogen-bond acceptors (Lipinski definition) is 3. The quantitative estimate of drug-likeness (QED) is 0.671. The van der Waals surface area contributed by atoms with Crippen LogP contribution in [0.5, 0.6) is 0 Å². The lowest BCUT2D eigenvalue weighted by atomic mass is 9.84. The molecule has 4 heteroatoms. The molecular weight excluding hydrogens is 204 g/mol. The molecule has 0 bridgehead atoms. The van der Waals surface area contributed by atoms with Crippen LogP contribution in [0.15, 0.2) is 0 Å². The summed E-state index contributed by atoms with van der Waals surface area (Å²) >= 11 is 0. The molecule has 1 aliphatic rings. The maximum absolute atomic E-state index is 11.0. The summed E-state index contributed by atoms with van der Waals surface area (Å²) in [6, 6.07) is 0. The number of nitrogens with one attached hydrogen (secondary N) is 1. The molecule has 3 N–H and O–H groups in total. The molecule has 4 nitrogen and oxygen atoms in total. The van der Waals surface area contributed by atoms with Gasteiger partial charge in [0.1, 0.15) is 0 Å². The third kappa shape index (κ3) is 4.10. The van der Waals surface area contributed by atoms with Crippen molar-refractivity contribution in [3.8, 4) is 0 Å². The third-order valence-electron chi connectivity index (χ3n) is 3.37. The Kier molecular flexibility index (Phi) is 5.77. The van der Waals surface area contributed by atoms with E-state index in [9.17, 15) is 4.79 Å². The van der Waals surface area contributed by atoms with Gasteiger partial charge in [-0.05, 0) is 19.3 Å². The van der Waals surface area contributed by atoms with E-state index in [1.165, 1.54) is 19.3 Å². The predicted octanol–water partition coefficient (Wildman–Crippen LogP) is 1.19. The van der Waals surface area contributed by atoms with Crippen molar-refractivity contribution in [1.29, 1.82) is 0 Å². The standard InChI is InChI=1S/C12H24N2O2/c1-14-11(15)6-5-9-16-12(10-13)7-3-2-4-8-12/h2-10,13H2,1H3,(H,14,15). The Hall–Kier alpha value is -0.610. The first-order valence-electron chi connectivity index (χ1n) is 6.27. The van der Waals surface area contributed by atoms with Crippen LogP contribution >= 0.6 is 0 Å². The fourth-order valence-corrected chi connectivity index (χ4v) is 2.25. The SMILES string of the molecule is CNC(=O)CCCOC1(CN)CCCCC1. The van der Waals surface area contributed by atoms with Gasteiger partial charge in [-0.3, -0.25) is 4.79 Å². The van der Waals surface area contributed by atoms with E-state index in [0.717, 1.165) is 19.3 Å². The van der Waals surface area contributed by atoms with E-state index in [-0.39, 0.29) is 11.5 Å². The number of rotatable bonds is 6. The Bertz CT molecular complexity index is 213. The lowest BCUT2D eigenvalue weighted by Gasteiger charge is -2.36. The zero-order valence-electron chi connectivity index (χ0n) is 10.3. The van der Waals surface area contributed by atoms with Crippen LogP contribution in [0.3, 0.4) is 0 Å². The predicted molar refractivity (Wildman–Crippen MR) is 64.1 cm³/mol. The van der Waals surface area contributed by atoms with Crippen molar-refractivity contribution < 1.29 is 9.53 Å². The summed E-state index contributed by atoms with van der Waals surface area (Å²) in [5, 5.41) is 2.61. The van der Waals surface area contributed by atoms with Gasteiger partial charge < -0.3 is 15.8 Å². The molecule has 1 saturated carbocycles. The molecule has 0 aromatic carbocycles. The van der Waals surface area contributed by atoms with Crippen molar-refractivity contribution in [2.75, 3.05) is 20.2 Å². The maximum Gasteiger partial charge on any atom is 0.219 e. The molecule has 0 aromatic rings. The van der Waals surface area contributed by atoms with E-state index in [1.54, 1.807) is 7.05 Å². The Morgan fingerprint density at radius 3 is 2.62 bits per heavy atom. The lowest BCUT2D eigenvalue weighted by Crippen LogP contribution is -2.42. The summed E-state index contributed by atoms with van der Waals surface area (Å²) in [5.41, 5.74) is 5.71. The molecule has 0 spiro atoms. The molecule has 0 heterocycles. The molecule has 1 amide bonds. The normalized spacial score (nSPS) is 19.4. The monoisotopic (exact) mass is 228 g/mol. The van der Waals surface area contributed by atoms with Crippen LogP contribution in [0.4, 0.5) is 0 Å². The molecule has 1 aliphatic carbocycles. The summed E-state index contributed by atoms with van der Waals surface area (Å²) < 4.78 is 5.91.